The number of nitrogens with two attached hydrogens (primary N) is 5. The minimum atomic E-state index is -1.52. The Morgan fingerprint density at radius 1 is 0.824 bits per heavy atom. The number of carboxylic acid groups (broad SMARTS) is 1. The number of rotatable bonds is 24. The van der Waals surface area contributed by atoms with Crippen molar-refractivity contribution >= 4 is 52.8 Å². The lowest BCUT2D eigenvalue weighted by Crippen LogP contribution is -2.58. The van der Waals surface area contributed by atoms with Crippen LogP contribution in [0.2, 0.25) is 0 Å². The largest absolute Gasteiger partial charge is 0.480 e. The van der Waals surface area contributed by atoms with E-state index < -0.39 is 54.5 Å². The van der Waals surface area contributed by atoms with Gasteiger partial charge in [-0.15, -0.1) is 0 Å². The molecule has 1 heterocycles. The molecular weight excluding hydrogens is 664 g/mol. The number of carboxylic acids is 1. The second-order valence-electron chi connectivity index (χ2n) is 11.6. The van der Waals surface area contributed by atoms with Crippen molar-refractivity contribution in [3.05, 3.63) is 36.4 Å². The zero-order valence-corrected chi connectivity index (χ0v) is 28.9. The number of nitrogens with one attached hydrogen (secondary N) is 4. The summed E-state index contributed by atoms with van der Waals surface area (Å²) in [5, 5.41) is 30.1. The number of oxazole rings is 1. The maximum absolute atomic E-state index is 13.6. The third-order valence-electron chi connectivity index (χ3n) is 7.69. The van der Waals surface area contributed by atoms with Crippen LogP contribution in [0.4, 0.5) is 0 Å². The number of aliphatic hydroxyl groups is 1. The van der Waals surface area contributed by atoms with Crippen LogP contribution in [0.15, 0.2) is 44.9 Å². The first kappa shape index (κ1) is 41.7. The number of fused-ring (bicyclic) bond motifs is 1. The molecule has 0 saturated carbocycles. The SMILES string of the molecule is CC[n+]1c(C=CN[C@@H](CCCCN)C(=O)N[C@@H](CCCN=C(N)N)C(=O)N[C@@H](CO)C(=O)N[C@@H](CCCN=C(N)N)C(=O)O)oc2ccccc21. The lowest BCUT2D eigenvalue weighted by atomic mass is 10.1. The molecule has 16 N–H and O–H groups in total. The van der Waals surface area contributed by atoms with Gasteiger partial charge in [0, 0.05) is 25.4 Å². The average molecular weight is 718 g/mol. The number of nitrogens with zero attached hydrogens (tertiary/aromatic N) is 3. The number of carbonyl (C=O) groups excluding carboxylic acids is 3. The van der Waals surface area contributed by atoms with Crippen molar-refractivity contribution in [1.29, 1.82) is 0 Å². The number of para-hydroxylation sites is 2. The minimum Gasteiger partial charge on any atom is -0.480 e. The van der Waals surface area contributed by atoms with Crippen molar-refractivity contribution in [1.82, 2.24) is 21.3 Å². The van der Waals surface area contributed by atoms with E-state index in [-0.39, 0.29) is 50.7 Å². The summed E-state index contributed by atoms with van der Waals surface area (Å²) in [5.41, 5.74) is 28.7. The van der Waals surface area contributed by atoms with E-state index >= 15 is 0 Å². The maximum Gasteiger partial charge on any atom is 0.375 e. The molecule has 282 valence electrons. The first-order chi connectivity index (χ1) is 24.4. The molecule has 19 nitrogen and oxygen atoms in total. The molecule has 0 bridgehead atoms. The van der Waals surface area contributed by atoms with E-state index in [0.717, 1.165) is 5.52 Å². The van der Waals surface area contributed by atoms with Gasteiger partial charge in [0.25, 0.3) is 5.52 Å². The van der Waals surface area contributed by atoms with Crippen LogP contribution in [-0.4, -0.2) is 96.2 Å². The van der Waals surface area contributed by atoms with E-state index in [4.69, 9.17) is 33.1 Å². The second-order valence-corrected chi connectivity index (χ2v) is 11.6. The van der Waals surface area contributed by atoms with Gasteiger partial charge in [0.05, 0.1) is 12.7 Å². The number of benzene rings is 1. The Hall–Kier alpha value is -5.43. The Balaban J connectivity index is 2.21. The number of aryl methyl sites for hydroxylation is 1. The van der Waals surface area contributed by atoms with Crippen molar-refractivity contribution in [3.63, 3.8) is 0 Å². The average Bonchev–Trinajstić information content (AvgIpc) is 3.45. The summed E-state index contributed by atoms with van der Waals surface area (Å²) < 4.78 is 7.95. The van der Waals surface area contributed by atoms with Crippen LogP contribution in [0.1, 0.15) is 57.8 Å². The molecule has 0 fully saturated rings. The van der Waals surface area contributed by atoms with Crippen LogP contribution >= 0.6 is 0 Å². The number of aromatic nitrogens is 1. The van der Waals surface area contributed by atoms with Crippen molar-refractivity contribution in [2.24, 2.45) is 38.7 Å². The Bertz CT molecular complexity index is 1520. The molecule has 0 radical (unpaired) electrons. The number of guanidine groups is 2. The maximum atomic E-state index is 13.6. The first-order valence-corrected chi connectivity index (χ1v) is 16.8. The Kier molecular flexibility index (Phi) is 18.3. The Labute approximate surface area is 296 Å². The fourth-order valence-electron chi connectivity index (χ4n) is 5.07. The molecule has 0 unspecified atom stereocenters. The quantitative estimate of drug-likeness (QED) is 0.0231. The zero-order valence-electron chi connectivity index (χ0n) is 28.9. The molecule has 0 spiro atoms. The number of aliphatic imine (C=N–C) groups is 2. The van der Waals surface area contributed by atoms with Gasteiger partial charge in [-0.05, 0) is 64.5 Å². The van der Waals surface area contributed by atoms with Crippen molar-refractivity contribution in [2.75, 3.05) is 26.2 Å². The van der Waals surface area contributed by atoms with E-state index in [0.29, 0.717) is 43.8 Å². The van der Waals surface area contributed by atoms with Gasteiger partial charge < -0.3 is 64.6 Å². The smallest absolute Gasteiger partial charge is 0.375 e. The van der Waals surface area contributed by atoms with Crippen molar-refractivity contribution in [2.45, 2.75) is 82.6 Å². The van der Waals surface area contributed by atoms with Gasteiger partial charge in [0.15, 0.2) is 11.9 Å². The molecule has 3 amide bonds. The number of aliphatic carboxylic acids is 1. The molecule has 2 aromatic rings. The zero-order chi connectivity index (χ0) is 37.8. The number of unbranched alkanes of at least 4 members (excludes halogenated alkanes) is 1. The van der Waals surface area contributed by atoms with Gasteiger partial charge in [0.2, 0.25) is 23.3 Å². The highest BCUT2D eigenvalue weighted by Gasteiger charge is 2.30. The molecule has 1 aromatic carbocycles. The van der Waals surface area contributed by atoms with Crippen molar-refractivity contribution < 1.29 is 38.4 Å². The fraction of sp³-hybridized carbons (Fsp3) is 0.531. The molecule has 0 aliphatic carbocycles. The van der Waals surface area contributed by atoms with Crippen LogP contribution in [0.3, 0.4) is 0 Å². The number of hydrogen-bond donors (Lipinski definition) is 11. The number of aliphatic hydroxyl groups excluding tert-OH is 1. The molecule has 2 rings (SSSR count). The van der Waals surface area contributed by atoms with E-state index in [1.807, 2.05) is 35.8 Å². The molecule has 0 aliphatic heterocycles. The predicted molar refractivity (Wildman–Crippen MR) is 191 cm³/mol. The van der Waals surface area contributed by atoms with Gasteiger partial charge in [-0.3, -0.25) is 24.4 Å². The van der Waals surface area contributed by atoms with Crippen LogP contribution in [-0.2, 0) is 25.7 Å². The number of hydrogen-bond acceptors (Lipinski definition) is 10. The fourth-order valence-corrected chi connectivity index (χ4v) is 5.07. The molecule has 19 heteroatoms. The molecule has 1 aromatic heterocycles. The summed E-state index contributed by atoms with van der Waals surface area (Å²) in [6.45, 7) is 2.51. The highest BCUT2D eigenvalue weighted by Crippen LogP contribution is 2.14. The summed E-state index contributed by atoms with van der Waals surface area (Å²) >= 11 is 0. The van der Waals surface area contributed by atoms with E-state index in [9.17, 15) is 29.4 Å². The van der Waals surface area contributed by atoms with Gasteiger partial charge in [-0.25, -0.2) is 4.79 Å². The minimum absolute atomic E-state index is 0.0186. The van der Waals surface area contributed by atoms with Crippen molar-refractivity contribution in [3.8, 4) is 0 Å². The third-order valence-corrected chi connectivity index (χ3v) is 7.69. The summed E-state index contributed by atoms with van der Waals surface area (Å²) in [4.78, 5) is 59.5. The topological polar surface area (TPSA) is 329 Å². The van der Waals surface area contributed by atoms with Gasteiger partial charge in [-0.1, -0.05) is 12.1 Å². The van der Waals surface area contributed by atoms with Gasteiger partial charge >= 0.3 is 11.9 Å². The summed E-state index contributed by atoms with van der Waals surface area (Å²) in [6, 6.07) is 2.77. The van der Waals surface area contributed by atoms with E-state index in [2.05, 4.69) is 31.3 Å². The normalized spacial score (nSPS) is 13.5. The predicted octanol–water partition coefficient (Wildman–Crippen LogP) is -2.56. The molecular formula is C32H53N12O7+. The van der Waals surface area contributed by atoms with E-state index in [1.165, 1.54) is 0 Å². The Morgan fingerprint density at radius 3 is 1.96 bits per heavy atom. The Morgan fingerprint density at radius 2 is 1.37 bits per heavy atom. The standard InChI is InChI=1S/C32H52N12O7/c1-2-44-24-12-3-4-13-25(24)51-26(44)14-18-38-20(9-5-6-15-33)27(46)41-21(10-7-16-39-31(34)35)28(47)43-23(19-45)29(48)42-22(30(49)50)11-8-17-40-32(36)37/h3-4,12-14,18,20-23,45H,2,5-11,15-17,19,33H2,1H3,(H12,34,35,36,37,39,40,41,42,43,46,47,48,49,50)/p+1/t20-,21-,22-,23-/m0/s1. The summed E-state index contributed by atoms with van der Waals surface area (Å²) in [5.74, 6) is -3.30. The van der Waals surface area contributed by atoms with E-state index in [1.54, 1.807) is 12.3 Å². The summed E-state index contributed by atoms with van der Waals surface area (Å²) in [7, 11) is 0. The molecule has 51 heavy (non-hydrogen) atoms. The van der Waals surface area contributed by atoms with Crippen LogP contribution in [0, 0.1) is 0 Å². The van der Waals surface area contributed by atoms with Crippen LogP contribution in [0.5, 0.6) is 0 Å². The highest BCUT2D eigenvalue weighted by molar-refractivity contribution is 5.94. The molecule has 4 atom stereocenters. The van der Waals surface area contributed by atoms with Gasteiger partial charge in [-0.2, -0.15) is 4.57 Å². The first-order valence-electron chi connectivity index (χ1n) is 16.8. The number of amides is 3. The monoisotopic (exact) mass is 717 g/mol. The summed E-state index contributed by atoms with van der Waals surface area (Å²) in [6.07, 6.45) is 5.53. The lowest BCUT2D eigenvalue weighted by Gasteiger charge is -2.25. The third kappa shape index (κ3) is 14.5. The van der Waals surface area contributed by atoms with Crippen LogP contribution < -0.4 is 54.5 Å². The highest BCUT2D eigenvalue weighted by atomic mass is 16.4. The van der Waals surface area contributed by atoms with Crippen LogP contribution in [0.25, 0.3) is 17.2 Å². The number of carbonyl (C=O) groups is 4. The molecule has 0 saturated heterocycles. The molecule has 0 aliphatic rings. The second kappa shape index (κ2) is 22.3. The van der Waals surface area contributed by atoms with Gasteiger partial charge in [0.1, 0.15) is 30.7 Å². The lowest BCUT2D eigenvalue weighted by molar-refractivity contribution is -0.674.